The molecule has 0 aliphatic carbocycles. The minimum Gasteiger partial charge on any atom is -0.149 e. The van der Waals surface area contributed by atoms with Gasteiger partial charge in [0.25, 0.3) is 0 Å². The number of rotatable bonds is 3. The van der Waals surface area contributed by atoms with E-state index < -0.39 is 0 Å². The van der Waals surface area contributed by atoms with Crippen molar-refractivity contribution in [2.75, 3.05) is 0 Å². The predicted molar refractivity (Wildman–Crippen MR) is 83.5 cm³/mol. The van der Waals surface area contributed by atoms with E-state index in [-0.39, 0.29) is 5.38 Å². The predicted octanol–water partition coefficient (Wildman–Crippen LogP) is 5.64. The zero-order valence-corrected chi connectivity index (χ0v) is 13.6. The van der Waals surface area contributed by atoms with Gasteiger partial charge in [-0.25, -0.2) is 0 Å². The molecule has 0 spiro atoms. The molecule has 4 heteroatoms. The molecule has 0 radical (unpaired) electrons. The first-order valence-corrected chi connectivity index (χ1v) is 7.97. The molecule has 2 aromatic rings. The largest absolute Gasteiger partial charge is 0.149 e. The lowest BCUT2D eigenvalue weighted by molar-refractivity contribution is 0.930. The van der Waals surface area contributed by atoms with Crippen LogP contribution in [0, 0.1) is 3.57 Å². The number of hydrogen-bond donors (Lipinski definition) is 0. The summed E-state index contributed by atoms with van der Waals surface area (Å²) in [7, 11) is 0. The molecule has 0 saturated heterocycles. The van der Waals surface area contributed by atoms with Crippen molar-refractivity contribution in [3.05, 3.63) is 54.2 Å². The average molecular weight is 428 g/mol. The molecule has 1 heterocycles. The molecule has 2 rings (SSSR count). The van der Waals surface area contributed by atoms with Gasteiger partial charge >= 0.3 is 0 Å². The number of benzene rings is 1. The highest BCUT2D eigenvalue weighted by Gasteiger charge is 2.13. The minimum atomic E-state index is 0.0303. The molecule has 0 aliphatic heterocycles. The molecule has 0 fully saturated rings. The Bertz CT molecular complexity index is 470. The summed E-state index contributed by atoms with van der Waals surface area (Å²) in [5.74, 6) is 0. The van der Waals surface area contributed by atoms with Gasteiger partial charge in [-0.3, -0.25) is 0 Å². The van der Waals surface area contributed by atoms with Gasteiger partial charge in [0.1, 0.15) is 0 Å². The number of halogens is 3. The zero-order chi connectivity index (χ0) is 11.5. The van der Waals surface area contributed by atoms with E-state index in [0.717, 1.165) is 10.9 Å². The maximum absolute atomic E-state index is 6.45. The highest BCUT2D eigenvalue weighted by Crippen LogP contribution is 2.33. The minimum absolute atomic E-state index is 0.0303. The van der Waals surface area contributed by atoms with Gasteiger partial charge in [0.2, 0.25) is 0 Å². The lowest BCUT2D eigenvalue weighted by Crippen LogP contribution is -1.96. The average Bonchev–Trinajstić information content (AvgIpc) is 2.74. The Labute approximate surface area is 126 Å². The summed E-state index contributed by atoms with van der Waals surface area (Å²) in [6, 6.07) is 10.5. The van der Waals surface area contributed by atoms with Gasteiger partial charge in [0.05, 0.1) is 5.38 Å². The van der Waals surface area contributed by atoms with E-state index in [0.29, 0.717) is 0 Å². The molecule has 1 aromatic heterocycles. The van der Waals surface area contributed by atoms with Crippen molar-refractivity contribution in [3.63, 3.8) is 0 Å². The molecule has 16 heavy (non-hydrogen) atoms. The lowest BCUT2D eigenvalue weighted by Gasteiger charge is -2.11. The monoisotopic (exact) mass is 426 g/mol. The first-order chi connectivity index (χ1) is 7.66. The molecule has 1 aromatic carbocycles. The highest BCUT2D eigenvalue weighted by molar-refractivity contribution is 14.1. The molecule has 1 atom stereocenters. The number of alkyl halides is 1. The van der Waals surface area contributed by atoms with Crippen molar-refractivity contribution in [2.45, 2.75) is 11.8 Å². The van der Waals surface area contributed by atoms with Crippen LogP contribution in [0.25, 0.3) is 0 Å². The van der Waals surface area contributed by atoms with Gasteiger partial charge in [-0.15, -0.1) is 22.9 Å². The Morgan fingerprint density at radius 1 is 1.38 bits per heavy atom. The summed E-state index contributed by atoms with van der Waals surface area (Å²) >= 11 is 14.1. The van der Waals surface area contributed by atoms with Crippen LogP contribution in [-0.4, -0.2) is 0 Å². The van der Waals surface area contributed by atoms with Gasteiger partial charge in [0, 0.05) is 19.3 Å². The van der Waals surface area contributed by atoms with Crippen LogP contribution in [-0.2, 0) is 6.42 Å². The molecule has 1 unspecified atom stereocenters. The molecular weight excluding hydrogens is 418 g/mol. The third-order valence-electron chi connectivity index (χ3n) is 2.26. The summed E-state index contributed by atoms with van der Waals surface area (Å²) in [6.45, 7) is 0. The van der Waals surface area contributed by atoms with Crippen LogP contribution in [0.15, 0.2) is 40.2 Å². The second-order valence-corrected chi connectivity index (χ2v) is 7.08. The van der Waals surface area contributed by atoms with E-state index in [1.54, 1.807) is 11.3 Å². The van der Waals surface area contributed by atoms with Crippen molar-refractivity contribution in [1.82, 2.24) is 0 Å². The quantitative estimate of drug-likeness (QED) is 0.439. The third kappa shape index (κ3) is 3.22. The molecule has 0 amide bonds. The molecule has 0 bridgehead atoms. The van der Waals surface area contributed by atoms with Gasteiger partial charge < -0.3 is 0 Å². The first kappa shape index (κ1) is 12.9. The highest BCUT2D eigenvalue weighted by atomic mass is 127. The van der Waals surface area contributed by atoms with Gasteiger partial charge in [-0.05, 0) is 57.8 Å². The van der Waals surface area contributed by atoms with Crippen LogP contribution in [0.1, 0.15) is 15.8 Å². The van der Waals surface area contributed by atoms with Crippen LogP contribution in [0.4, 0.5) is 0 Å². The van der Waals surface area contributed by atoms with E-state index in [1.165, 1.54) is 14.0 Å². The normalized spacial score (nSPS) is 12.7. The van der Waals surface area contributed by atoms with Crippen LogP contribution >= 0.6 is 61.5 Å². The SMILES string of the molecule is ClC(Cc1cccs1)c1cc(I)ccc1Br. The maximum Gasteiger partial charge on any atom is 0.0644 e. The fourth-order valence-corrected chi connectivity index (χ4v) is 3.83. The Morgan fingerprint density at radius 2 is 2.19 bits per heavy atom. The second kappa shape index (κ2) is 5.85. The van der Waals surface area contributed by atoms with Crippen molar-refractivity contribution < 1.29 is 0 Å². The molecule has 84 valence electrons. The number of thiophene rings is 1. The topological polar surface area (TPSA) is 0 Å². The third-order valence-corrected chi connectivity index (χ3v) is 4.94. The van der Waals surface area contributed by atoms with Crippen LogP contribution in [0.5, 0.6) is 0 Å². The molecule has 0 nitrogen and oxygen atoms in total. The first-order valence-electron chi connectivity index (χ1n) is 4.78. The molecule has 0 N–H and O–H groups in total. The van der Waals surface area contributed by atoms with Crippen molar-refractivity contribution in [1.29, 1.82) is 0 Å². The maximum atomic E-state index is 6.45. The second-order valence-electron chi connectivity index (χ2n) is 3.42. The summed E-state index contributed by atoms with van der Waals surface area (Å²) in [4.78, 5) is 1.32. The fourth-order valence-electron chi connectivity index (χ4n) is 1.47. The molecule has 0 saturated carbocycles. The Hall–Kier alpha value is 0.420. The summed E-state index contributed by atoms with van der Waals surface area (Å²) in [5, 5.41) is 2.12. The van der Waals surface area contributed by atoms with Crippen molar-refractivity contribution >= 4 is 61.5 Å². The van der Waals surface area contributed by atoms with Crippen molar-refractivity contribution in [3.8, 4) is 0 Å². The summed E-state index contributed by atoms with van der Waals surface area (Å²) in [6.07, 6.45) is 0.887. The van der Waals surface area contributed by atoms with Gasteiger partial charge in [0.15, 0.2) is 0 Å². The fraction of sp³-hybridized carbons (Fsp3) is 0.167. The molecule has 0 aliphatic rings. The van der Waals surface area contributed by atoms with E-state index in [1.807, 2.05) is 0 Å². The van der Waals surface area contributed by atoms with E-state index in [2.05, 4.69) is 74.2 Å². The van der Waals surface area contributed by atoms with Crippen LogP contribution in [0.3, 0.4) is 0 Å². The van der Waals surface area contributed by atoms with Crippen LogP contribution < -0.4 is 0 Å². The standard InChI is InChI=1S/C12H9BrClIS/c13-11-4-3-8(15)6-10(11)12(14)7-9-2-1-5-16-9/h1-6,12H,7H2. The van der Waals surface area contributed by atoms with Gasteiger partial charge in [-0.2, -0.15) is 0 Å². The Kier molecular flexibility index (Phi) is 4.70. The summed E-state index contributed by atoms with van der Waals surface area (Å²) in [5.41, 5.74) is 1.17. The number of hydrogen-bond acceptors (Lipinski definition) is 1. The molecular formula is C12H9BrClIS. The van der Waals surface area contributed by atoms with E-state index in [9.17, 15) is 0 Å². The smallest absolute Gasteiger partial charge is 0.0644 e. The zero-order valence-electron chi connectivity index (χ0n) is 8.29. The van der Waals surface area contributed by atoms with Crippen LogP contribution in [0.2, 0.25) is 0 Å². The Morgan fingerprint density at radius 3 is 2.88 bits per heavy atom. The lowest BCUT2D eigenvalue weighted by atomic mass is 10.1. The van der Waals surface area contributed by atoms with E-state index >= 15 is 0 Å². The Balaban J connectivity index is 2.20. The van der Waals surface area contributed by atoms with E-state index in [4.69, 9.17) is 11.6 Å². The van der Waals surface area contributed by atoms with Gasteiger partial charge in [-0.1, -0.05) is 22.0 Å². The summed E-state index contributed by atoms with van der Waals surface area (Å²) < 4.78 is 2.30. The van der Waals surface area contributed by atoms with Crippen molar-refractivity contribution in [2.24, 2.45) is 0 Å².